The van der Waals surface area contributed by atoms with Crippen molar-refractivity contribution in [2.45, 2.75) is 50.6 Å². The maximum Gasteiger partial charge on any atom is 0.343 e. The first-order chi connectivity index (χ1) is 12.1. The highest BCUT2D eigenvalue weighted by molar-refractivity contribution is 8.00. The Labute approximate surface area is 152 Å². The minimum absolute atomic E-state index is 0.0405. The number of benzene rings is 1. The number of hydrogen-bond acceptors (Lipinski definition) is 4. The van der Waals surface area contributed by atoms with Crippen LogP contribution in [0.5, 0.6) is 0 Å². The molecule has 7 heteroatoms. The van der Waals surface area contributed by atoms with Gasteiger partial charge in [0.05, 0.1) is 0 Å². The highest BCUT2D eigenvalue weighted by Gasteiger charge is 2.27. The second-order valence-electron chi connectivity index (χ2n) is 5.74. The van der Waals surface area contributed by atoms with Gasteiger partial charge in [0.2, 0.25) is 5.91 Å². The van der Waals surface area contributed by atoms with Crippen LogP contribution in [0.15, 0.2) is 40.3 Å². The molecule has 6 nitrogen and oxygen atoms in total. The molecule has 1 heterocycles. The summed E-state index contributed by atoms with van der Waals surface area (Å²) in [5, 5.41) is 6.80. The van der Waals surface area contributed by atoms with Gasteiger partial charge < -0.3 is 4.90 Å². The predicted octanol–water partition coefficient (Wildman–Crippen LogP) is 3.07. The summed E-state index contributed by atoms with van der Waals surface area (Å²) in [5.74, 6) is 0.0405. The van der Waals surface area contributed by atoms with E-state index in [-0.39, 0.29) is 11.6 Å². The van der Waals surface area contributed by atoms with E-state index < -0.39 is 5.25 Å². The molecule has 1 unspecified atom stereocenters. The molecule has 0 aliphatic heterocycles. The Bertz CT molecular complexity index is 722. The van der Waals surface area contributed by atoms with Crippen LogP contribution < -0.4 is 5.69 Å². The van der Waals surface area contributed by atoms with Crippen LogP contribution >= 0.6 is 11.8 Å². The zero-order valence-electron chi connectivity index (χ0n) is 15.1. The molecule has 1 aromatic heterocycles. The first kappa shape index (κ1) is 19.3. The van der Waals surface area contributed by atoms with Gasteiger partial charge in [0, 0.05) is 19.6 Å². The summed E-state index contributed by atoms with van der Waals surface area (Å²) in [6.45, 7) is 7.94. The molecule has 0 fully saturated rings. The van der Waals surface area contributed by atoms with Crippen molar-refractivity contribution in [3.05, 3.63) is 46.4 Å². The van der Waals surface area contributed by atoms with E-state index in [2.05, 4.69) is 17.1 Å². The largest absolute Gasteiger partial charge is 0.343 e. The first-order valence-corrected chi connectivity index (χ1v) is 9.65. The number of thioether (sulfide) groups is 1. The molecule has 2 rings (SSSR count). The molecule has 1 atom stereocenters. The number of likely N-dealkylation sites (N-methyl/N-ethyl adjacent to an activating group) is 1. The molecule has 0 radical (unpaired) electrons. The fourth-order valence-corrected chi connectivity index (χ4v) is 3.76. The maximum absolute atomic E-state index is 13.0. The molecule has 1 amide bonds. The summed E-state index contributed by atoms with van der Waals surface area (Å²) >= 11 is 1.34. The van der Waals surface area contributed by atoms with Crippen molar-refractivity contribution in [3.63, 3.8) is 0 Å². The summed E-state index contributed by atoms with van der Waals surface area (Å²) in [4.78, 5) is 26.8. The van der Waals surface area contributed by atoms with Gasteiger partial charge in [0.15, 0.2) is 5.16 Å². The highest BCUT2D eigenvalue weighted by atomic mass is 32.2. The number of unbranched alkanes of at least 4 members (excludes halogenated alkanes) is 1. The van der Waals surface area contributed by atoms with Gasteiger partial charge in [-0.15, -0.1) is 5.10 Å². The molecular weight excluding hydrogens is 336 g/mol. The van der Waals surface area contributed by atoms with Gasteiger partial charge in [-0.05, 0) is 25.8 Å². The van der Waals surface area contributed by atoms with E-state index in [0.29, 0.717) is 24.8 Å². The fourth-order valence-electron chi connectivity index (χ4n) is 2.60. The lowest BCUT2D eigenvalue weighted by Crippen LogP contribution is -2.34. The van der Waals surface area contributed by atoms with Crippen LogP contribution in [0.1, 0.15) is 44.4 Å². The number of carbonyl (C=O) groups is 1. The Kier molecular flexibility index (Phi) is 7.31. The third kappa shape index (κ3) is 4.75. The smallest absolute Gasteiger partial charge is 0.342 e. The zero-order valence-corrected chi connectivity index (χ0v) is 15.9. The number of carbonyl (C=O) groups excluding carboxylic acids is 1. The van der Waals surface area contributed by atoms with E-state index in [0.717, 1.165) is 18.4 Å². The standard InChI is InChI=1S/C18H26N4O2S/c1-4-7-13-22-17(24)19-20-18(22)25-15(14-11-9-8-10-12-14)16(23)21(5-2)6-3/h8-12,15H,4-7,13H2,1-3H3,(H,19,24). The molecule has 1 aromatic carbocycles. The Hall–Kier alpha value is -2.02. The van der Waals surface area contributed by atoms with Crippen LogP contribution in [0.4, 0.5) is 0 Å². The van der Waals surface area contributed by atoms with Crippen LogP contribution in [-0.2, 0) is 11.3 Å². The molecule has 0 saturated carbocycles. The van der Waals surface area contributed by atoms with E-state index in [1.807, 2.05) is 49.1 Å². The van der Waals surface area contributed by atoms with Gasteiger partial charge in [-0.3, -0.25) is 9.36 Å². The average Bonchev–Trinajstić information content (AvgIpc) is 2.99. The third-order valence-electron chi connectivity index (χ3n) is 4.08. The van der Waals surface area contributed by atoms with Crippen molar-refractivity contribution in [2.75, 3.05) is 13.1 Å². The Morgan fingerprint density at radius 2 is 1.92 bits per heavy atom. The average molecular weight is 362 g/mol. The minimum atomic E-state index is -0.420. The second-order valence-corrected chi connectivity index (χ2v) is 6.81. The number of aromatic amines is 1. The normalized spacial score (nSPS) is 12.1. The second kappa shape index (κ2) is 9.46. The quantitative estimate of drug-likeness (QED) is 0.696. The molecular formula is C18H26N4O2S. The molecule has 1 N–H and O–H groups in total. The van der Waals surface area contributed by atoms with E-state index in [1.54, 1.807) is 4.57 Å². The van der Waals surface area contributed by atoms with E-state index in [1.165, 1.54) is 11.8 Å². The Morgan fingerprint density at radius 3 is 2.52 bits per heavy atom. The maximum atomic E-state index is 13.0. The van der Waals surface area contributed by atoms with Crippen LogP contribution in [0.3, 0.4) is 0 Å². The third-order valence-corrected chi connectivity index (χ3v) is 5.32. The Balaban J connectivity index is 2.34. The van der Waals surface area contributed by atoms with Gasteiger partial charge in [0.1, 0.15) is 5.25 Å². The summed E-state index contributed by atoms with van der Waals surface area (Å²) in [6.07, 6.45) is 1.88. The number of H-pyrrole nitrogens is 1. The highest BCUT2D eigenvalue weighted by Crippen LogP contribution is 2.35. The first-order valence-electron chi connectivity index (χ1n) is 8.77. The molecule has 25 heavy (non-hydrogen) atoms. The number of aromatic nitrogens is 3. The van der Waals surface area contributed by atoms with Crippen molar-refractivity contribution in [1.29, 1.82) is 0 Å². The van der Waals surface area contributed by atoms with Crippen molar-refractivity contribution in [1.82, 2.24) is 19.7 Å². The zero-order chi connectivity index (χ0) is 18.2. The van der Waals surface area contributed by atoms with Crippen molar-refractivity contribution in [3.8, 4) is 0 Å². The number of rotatable bonds is 9. The molecule has 2 aromatic rings. The van der Waals surface area contributed by atoms with Crippen molar-refractivity contribution in [2.24, 2.45) is 0 Å². The van der Waals surface area contributed by atoms with Gasteiger partial charge >= 0.3 is 5.69 Å². The van der Waals surface area contributed by atoms with Crippen molar-refractivity contribution >= 4 is 17.7 Å². The lowest BCUT2D eigenvalue weighted by atomic mass is 10.1. The molecule has 0 spiro atoms. The van der Waals surface area contributed by atoms with Crippen molar-refractivity contribution < 1.29 is 4.79 Å². The summed E-state index contributed by atoms with van der Waals surface area (Å²) in [6, 6.07) is 9.67. The number of nitrogens with zero attached hydrogens (tertiary/aromatic N) is 3. The van der Waals surface area contributed by atoms with Crippen LogP contribution in [-0.4, -0.2) is 38.7 Å². The fraction of sp³-hybridized carbons (Fsp3) is 0.500. The van der Waals surface area contributed by atoms with Crippen LogP contribution in [0.2, 0.25) is 0 Å². The molecule has 136 valence electrons. The Morgan fingerprint density at radius 1 is 1.24 bits per heavy atom. The summed E-state index contributed by atoms with van der Waals surface area (Å²) < 4.78 is 1.62. The van der Waals surface area contributed by atoms with E-state index >= 15 is 0 Å². The minimum Gasteiger partial charge on any atom is -0.342 e. The molecule has 0 aliphatic rings. The van der Waals surface area contributed by atoms with E-state index in [4.69, 9.17) is 0 Å². The molecule has 0 saturated heterocycles. The number of nitrogens with one attached hydrogen (secondary N) is 1. The topological polar surface area (TPSA) is 71.0 Å². The molecule has 0 aliphatic carbocycles. The van der Waals surface area contributed by atoms with Crippen LogP contribution in [0.25, 0.3) is 0 Å². The lowest BCUT2D eigenvalue weighted by molar-refractivity contribution is -0.130. The predicted molar refractivity (Wildman–Crippen MR) is 101 cm³/mol. The van der Waals surface area contributed by atoms with Gasteiger partial charge in [0.25, 0.3) is 0 Å². The number of amides is 1. The van der Waals surface area contributed by atoms with Gasteiger partial charge in [-0.25, -0.2) is 9.89 Å². The monoisotopic (exact) mass is 362 g/mol. The number of hydrogen-bond donors (Lipinski definition) is 1. The molecule has 0 bridgehead atoms. The van der Waals surface area contributed by atoms with Crippen LogP contribution in [0, 0.1) is 0 Å². The SMILES string of the molecule is CCCCn1c(SC(C(=O)N(CC)CC)c2ccccc2)n[nH]c1=O. The summed E-state index contributed by atoms with van der Waals surface area (Å²) in [5.41, 5.74) is 0.694. The lowest BCUT2D eigenvalue weighted by Gasteiger charge is -2.24. The van der Waals surface area contributed by atoms with Gasteiger partial charge in [-0.2, -0.15) is 0 Å². The van der Waals surface area contributed by atoms with E-state index in [9.17, 15) is 9.59 Å². The summed E-state index contributed by atoms with van der Waals surface area (Å²) in [7, 11) is 0. The van der Waals surface area contributed by atoms with Gasteiger partial charge in [-0.1, -0.05) is 55.4 Å².